The van der Waals surface area contributed by atoms with E-state index in [4.69, 9.17) is 0 Å². The Morgan fingerprint density at radius 3 is 2.42 bits per heavy atom. The second kappa shape index (κ2) is 11.0. The van der Waals surface area contributed by atoms with Crippen molar-refractivity contribution in [2.75, 3.05) is 25.5 Å². The number of likely N-dealkylation sites (tertiary alicyclic amines) is 1. The number of benzene rings is 1. The quantitative estimate of drug-likeness (QED) is 0.432. The number of aromatic nitrogens is 3. The van der Waals surface area contributed by atoms with Gasteiger partial charge in [-0.05, 0) is 83.8 Å². The Balaban J connectivity index is 1.51. The van der Waals surface area contributed by atoms with E-state index in [0.29, 0.717) is 23.5 Å². The van der Waals surface area contributed by atoms with E-state index in [0.717, 1.165) is 37.1 Å². The standard InChI is InChI=1S/C28H35F2N5O2S/c1-18-15-32-27(34-26-14-24(30)22(16-31-26)20-8-10-35(5)11-9-20)33-25(18)13-19-6-7-23(29)21(12-19)17-38(36,37)28(2,3)4/h6-7,12,14-16,20H,8-11,13,17H2,1-5H3,(H,31,32,33,34). The van der Waals surface area contributed by atoms with Gasteiger partial charge in [0.1, 0.15) is 17.5 Å². The molecule has 7 nitrogen and oxygen atoms in total. The first kappa shape index (κ1) is 28.0. The largest absolute Gasteiger partial charge is 0.309 e. The zero-order valence-corrected chi connectivity index (χ0v) is 23.4. The van der Waals surface area contributed by atoms with E-state index in [-0.39, 0.29) is 29.0 Å². The number of sulfone groups is 1. The molecule has 10 heteroatoms. The average Bonchev–Trinajstić information content (AvgIpc) is 2.83. The van der Waals surface area contributed by atoms with Gasteiger partial charge in [0.15, 0.2) is 9.84 Å². The molecule has 204 valence electrons. The molecule has 0 aliphatic carbocycles. The summed E-state index contributed by atoms with van der Waals surface area (Å²) in [7, 11) is -1.47. The van der Waals surface area contributed by atoms with Gasteiger partial charge in [-0.3, -0.25) is 0 Å². The van der Waals surface area contributed by atoms with Crippen molar-refractivity contribution in [3.63, 3.8) is 0 Å². The van der Waals surface area contributed by atoms with Crippen molar-refractivity contribution < 1.29 is 17.2 Å². The van der Waals surface area contributed by atoms with Gasteiger partial charge in [-0.25, -0.2) is 32.2 Å². The number of nitrogens with zero attached hydrogens (tertiary/aromatic N) is 4. The molecule has 1 fully saturated rings. The van der Waals surface area contributed by atoms with Crippen molar-refractivity contribution >= 4 is 21.6 Å². The van der Waals surface area contributed by atoms with Gasteiger partial charge in [0, 0.05) is 36.0 Å². The van der Waals surface area contributed by atoms with Crippen molar-refractivity contribution in [2.24, 2.45) is 0 Å². The summed E-state index contributed by atoms with van der Waals surface area (Å²) >= 11 is 0. The minimum atomic E-state index is -3.54. The molecule has 0 saturated carbocycles. The molecule has 0 spiro atoms. The summed E-state index contributed by atoms with van der Waals surface area (Å²) in [6.07, 6.45) is 5.40. The van der Waals surface area contributed by atoms with Crippen molar-refractivity contribution in [3.8, 4) is 0 Å². The highest BCUT2D eigenvalue weighted by Gasteiger charge is 2.30. The van der Waals surface area contributed by atoms with Crippen LogP contribution >= 0.6 is 0 Å². The summed E-state index contributed by atoms with van der Waals surface area (Å²) in [6.45, 7) is 8.55. The van der Waals surface area contributed by atoms with Crippen LogP contribution in [0.2, 0.25) is 0 Å². The number of nitrogens with one attached hydrogen (secondary N) is 1. The number of piperidine rings is 1. The van der Waals surface area contributed by atoms with Gasteiger partial charge in [0.05, 0.1) is 16.2 Å². The summed E-state index contributed by atoms with van der Waals surface area (Å²) in [6, 6.07) is 5.86. The van der Waals surface area contributed by atoms with E-state index in [1.165, 1.54) is 12.1 Å². The first-order valence-corrected chi connectivity index (χ1v) is 14.4. The van der Waals surface area contributed by atoms with Crippen LogP contribution in [0.25, 0.3) is 0 Å². The van der Waals surface area contributed by atoms with Crippen LogP contribution in [0.4, 0.5) is 20.5 Å². The highest BCUT2D eigenvalue weighted by atomic mass is 32.2. The third kappa shape index (κ3) is 6.53. The molecule has 4 rings (SSSR count). The Labute approximate surface area is 223 Å². The Hall–Kier alpha value is -2.98. The molecule has 3 aromatic rings. The van der Waals surface area contributed by atoms with E-state index in [2.05, 4.69) is 32.2 Å². The number of aryl methyl sites for hydroxylation is 1. The van der Waals surface area contributed by atoms with Gasteiger partial charge in [-0.2, -0.15) is 0 Å². The van der Waals surface area contributed by atoms with Gasteiger partial charge in [0.25, 0.3) is 0 Å². The fourth-order valence-electron chi connectivity index (χ4n) is 4.42. The maximum atomic E-state index is 14.9. The summed E-state index contributed by atoms with van der Waals surface area (Å²) in [4.78, 5) is 15.5. The van der Waals surface area contributed by atoms with Crippen molar-refractivity contribution in [2.45, 2.75) is 63.4 Å². The molecule has 1 aliphatic heterocycles. The van der Waals surface area contributed by atoms with Crippen LogP contribution in [0.3, 0.4) is 0 Å². The van der Waals surface area contributed by atoms with Gasteiger partial charge < -0.3 is 10.2 Å². The molecule has 3 heterocycles. The average molecular weight is 544 g/mol. The van der Waals surface area contributed by atoms with Crippen LogP contribution in [0.5, 0.6) is 0 Å². The fraction of sp³-hybridized carbons (Fsp3) is 0.464. The van der Waals surface area contributed by atoms with Gasteiger partial charge in [-0.15, -0.1) is 0 Å². The molecule has 0 atom stereocenters. The van der Waals surface area contributed by atoms with E-state index in [1.54, 1.807) is 45.3 Å². The molecule has 2 aromatic heterocycles. The molecular weight excluding hydrogens is 508 g/mol. The van der Waals surface area contributed by atoms with Crippen LogP contribution in [0, 0.1) is 18.6 Å². The first-order valence-electron chi connectivity index (χ1n) is 12.8. The lowest BCUT2D eigenvalue weighted by molar-refractivity contribution is 0.253. The highest BCUT2D eigenvalue weighted by molar-refractivity contribution is 7.91. The fourth-order valence-corrected chi connectivity index (χ4v) is 5.49. The van der Waals surface area contributed by atoms with E-state index < -0.39 is 20.4 Å². The SMILES string of the molecule is Cc1cnc(Nc2cc(F)c(C3CCN(C)CC3)cn2)nc1Cc1ccc(F)c(CS(=O)(=O)C(C)(C)C)c1. The predicted octanol–water partition coefficient (Wildman–Crippen LogP) is 5.32. The van der Waals surface area contributed by atoms with Gasteiger partial charge in [0.2, 0.25) is 5.95 Å². The van der Waals surface area contributed by atoms with Crippen molar-refractivity contribution in [1.82, 2.24) is 19.9 Å². The molecular formula is C28H35F2N5O2S. The maximum Gasteiger partial charge on any atom is 0.228 e. The highest BCUT2D eigenvalue weighted by Crippen LogP contribution is 2.30. The number of halogens is 2. The molecule has 1 saturated heterocycles. The number of rotatable bonds is 7. The predicted molar refractivity (Wildman–Crippen MR) is 145 cm³/mol. The van der Waals surface area contributed by atoms with E-state index >= 15 is 0 Å². The van der Waals surface area contributed by atoms with Crippen molar-refractivity contribution in [3.05, 3.63) is 76.2 Å². The Morgan fingerprint density at radius 1 is 1.05 bits per heavy atom. The molecule has 0 unspecified atom stereocenters. The maximum absolute atomic E-state index is 14.9. The van der Waals surface area contributed by atoms with Crippen LogP contribution in [-0.4, -0.2) is 53.2 Å². The molecule has 1 aliphatic rings. The second-order valence-corrected chi connectivity index (χ2v) is 13.8. The molecule has 1 N–H and O–H groups in total. The third-order valence-corrected chi connectivity index (χ3v) is 9.67. The number of hydrogen-bond donors (Lipinski definition) is 1. The lowest BCUT2D eigenvalue weighted by Gasteiger charge is -2.29. The summed E-state index contributed by atoms with van der Waals surface area (Å²) < 4.78 is 53.7. The van der Waals surface area contributed by atoms with Crippen LogP contribution in [-0.2, 0) is 22.0 Å². The van der Waals surface area contributed by atoms with Crippen LogP contribution in [0.1, 0.15) is 67.5 Å². The minimum Gasteiger partial charge on any atom is -0.309 e. The molecule has 0 amide bonds. The summed E-state index contributed by atoms with van der Waals surface area (Å²) in [5.41, 5.74) is 2.99. The number of anilines is 2. The Morgan fingerprint density at radius 2 is 1.76 bits per heavy atom. The molecule has 0 bridgehead atoms. The zero-order chi connectivity index (χ0) is 27.7. The monoisotopic (exact) mass is 543 g/mol. The summed E-state index contributed by atoms with van der Waals surface area (Å²) in [5, 5.41) is 2.98. The molecule has 0 radical (unpaired) electrons. The van der Waals surface area contributed by atoms with Gasteiger partial charge >= 0.3 is 0 Å². The number of hydrogen-bond acceptors (Lipinski definition) is 7. The molecule has 38 heavy (non-hydrogen) atoms. The number of pyridine rings is 1. The second-order valence-electron chi connectivity index (χ2n) is 11.1. The lowest BCUT2D eigenvalue weighted by Crippen LogP contribution is -2.29. The smallest absolute Gasteiger partial charge is 0.228 e. The Kier molecular flexibility index (Phi) is 8.13. The zero-order valence-electron chi connectivity index (χ0n) is 22.6. The van der Waals surface area contributed by atoms with Crippen molar-refractivity contribution in [1.29, 1.82) is 0 Å². The minimum absolute atomic E-state index is 0.131. The Bertz CT molecular complexity index is 1420. The van der Waals surface area contributed by atoms with E-state index in [9.17, 15) is 17.2 Å². The third-order valence-electron chi connectivity index (χ3n) is 7.12. The topological polar surface area (TPSA) is 88.1 Å². The normalized spacial score (nSPS) is 15.6. The lowest BCUT2D eigenvalue weighted by atomic mass is 9.90. The van der Waals surface area contributed by atoms with E-state index in [1.807, 2.05) is 6.92 Å². The summed E-state index contributed by atoms with van der Waals surface area (Å²) in [5.74, 6) is -0.494. The molecule has 1 aromatic carbocycles. The van der Waals surface area contributed by atoms with Crippen LogP contribution in [0.15, 0.2) is 36.7 Å². The van der Waals surface area contributed by atoms with Gasteiger partial charge in [-0.1, -0.05) is 12.1 Å². The van der Waals surface area contributed by atoms with Crippen LogP contribution < -0.4 is 5.32 Å². The first-order chi connectivity index (χ1) is 17.8.